The minimum atomic E-state index is 0.0162. The second-order valence-corrected chi connectivity index (χ2v) is 4.00. The molecule has 0 bridgehead atoms. The van der Waals surface area contributed by atoms with Crippen LogP contribution in [0, 0.1) is 11.8 Å². The van der Waals surface area contributed by atoms with Crippen LogP contribution >= 0.6 is 0 Å². The van der Waals surface area contributed by atoms with Gasteiger partial charge in [0.05, 0.1) is 5.92 Å². The SMILES string of the molecule is CCC[C@H]1C(=O)O[C@@H]1CC(C)C. The molecule has 2 nitrogen and oxygen atoms in total. The monoisotopic (exact) mass is 170 g/mol. The number of hydrogen-bond acceptors (Lipinski definition) is 2. The van der Waals surface area contributed by atoms with Gasteiger partial charge < -0.3 is 4.74 Å². The van der Waals surface area contributed by atoms with Gasteiger partial charge in [0.1, 0.15) is 6.10 Å². The van der Waals surface area contributed by atoms with Crippen LogP contribution in [0.4, 0.5) is 0 Å². The molecule has 70 valence electrons. The first-order valence-electron chi connectivity index (χ1n) is 4.85. The molecule has 0 aromatic carbocycles. The summed E-state index contributed by atoms with van der Waals surface area (Å²) in [4.78, 5) is 11.0. The average molecular weight is 170 g/mol. The van der Waals surface area contributed by atoms with Crippen molar-refractivity contribution in [2.45, 2.75) is 46.1 Å². The number of ether oxygens (including phenoxy) is 1. The lowest BCUT2D eigenvalue weighted by molar-refractivity contribution is -0.186. The van der Waals surface area contributed by atoms with Crippen molar-refractivity contribution in [2.75, 3.05) is 0 Å². The maximum atomic E-state index is 11.0. The van der Waals surface area contributed by atoms with Crippen molar-refractivity contribution < 1.29 is 9.53 Å². The normalized spacial score (nSPS) is 28.5. The average Bonchev–Trinajstić information content (AvgIpc) is 1.99. The fraction of sp³-hybridized carbons (Fsp3) is 0.900. The van der Waals surface area contributed by atoms with Gasteiger partial charge in [-0.2, -0.15) is 0 Å². The molecule has 0 amide bonds. The van der Waals surface area contributed by atoms with E-state index in [0.29, 0.717) is 5.92 Å². The molecule has 0 N–H and O–H groups in total. The minimum absolute atomic E-state index is 0.0162. The van der Waals surface area contributed by atoms with Crippen molar-refractivity contribution in [3.63, 3.8) is 0 Å². The van der Waals surface area contributed by atoms with Crippen LogP contribution in [0.1, 0.15) is 40.0 Å². The fourth-order valence-electron chi connectivity index (χ4n) is 1.69. The third-order valence-electron chi connectivity index (χ3n) is 2.32. The molecular formula is C10H18O2. The van der Waals surface area contributed by atoms with Crippen LogP contribution in [0.2, 0.25) is 0 Å². The van der Waals surface area contributed by atoms with Gasteiger partial charge in [-0.15, -0.1) is 0 Å². The Bertz CT molecular complexity index is 163. The number of carbonyl (C=O) groups is 1. The fourth-order valence-corrected chi connectivity index (χ4v) is 1.69. The van der Waals surface area contributed by atoms with Gasteiger partial charge in [0.15, 0.2) is 0 Å². The summed E-state index contributed by atoms with van der Waals surface area (Å²) in [5, 5.41) is 0. The largest absolute Gasteiger partial charge is 0.461 e. The van der Waals surface area contributed by atoms with Gasteiger partial charge in [-0.05, 0) is 18.8 Å². The van der Waals surface area contributed by atoms with Crippen LogP contribution in [0.3, 0.4) is 0 Å². The predicted molar refractivity (Wildman–Crippen MR) is 47.7 cm³/mol. The zero-order valence-electron chi connectivity index (χ0n) is 8.17. The molecule has 0 aromatic rings. The van der Waals surface area contributed by atoms with E-state index in [-0.39, 0.29) is 18.0 Å². The number of rotatable bonds is 4. The Kier molecular flexibility index (Phi) is 3.12. The van der Waals surface area contributed by atoms with E-state index in [9.17, 15) is 4.79 Å². The van der Waals surface area contributed by atoms with Crippen LogP contribution in [0.15, 0.2) is 0 Å². The molecular weight excluding hydrogens is 152 g/mol. The Morgan fingerprint density at radius 3 is 2.58 bits per heavy atom. The predicted octanol–water partition coefficient (Wildman–Crippen LogP) is 2.37. The van der Waals surface area contributed by atoms with E-state index >= 15 is 0 Å². The third kappa shape index (κ3) is 1.99. The molecule has 2 atom stereocenters. The molecule has 12 heavy (non-hydrogen) atoms. The molecule has 0 aromatic heterocycles. The Hall–Kier alpha value is -0.530. The van der Waals surface area contributed by atoms with E-state index in [2.05, 4.69) is 20.8 Å². The molecule has 1 fully saturated rings. The molecule has 0 radical (unpaired) electrons. The quantitative estimate of drug-likeness (QED) is 0.605. The molecule has 1 aliphatic heterocycles. The Balaban J connectivity index is 2.32. The summed E-state index contributed by atoms with van der Waals surface area (Å²) in [7, 11) is 0. The maximum Gasteiger partial charge on any atom is 0.313 e. The lowest BCUT2D eigenvalue weighted by Gasteiger charge is -2.36. The van der Waals surface area contributed by atoms with Crippen LogP contribution in [0.5, 0.6) is 0 Å². The van der Waals surface area contributed by atoms with E-state index in [1.54, 1.807) is 0 Å². The highest BCUT2D eigenvalue weighted by Gasteiger charge is 2.41. The topological polar surface area (TPSA) is 26.3 Å². The molecule has 0 saturated carbocycles. The second-order valence-electron chi connectivity index (χ2n) is 4.00. The molecule has 1 saturated heterocycles. The Labute approximate surface area is 74.3 Å². The van der Waals surface area contributed by atoms with E-state index in [1.165, 1.54) is 0 Å². The molecule has 1 aliphatic rings. The molecule has 0 spiro atoms. The van der Waals surface area contributed by atoms with Crippen molar-refractivity contribution in [2.24, 2.45) is 11.8 Å². The zero-order valence-corrected chi connectivity index (χ0v) is 8.17. The zero-order chi connectivity index (χ0) is 9.14. The van der Waals surface area contributed by atoms with Crippen molar-refractivity contribution in [1.82, 2.24) is 0 Å². The van der Waals surface area contributed by atoms with Crippen molar-refractivity contribution in [3.05, 3.63) is 0 Å². The van der Waals surface area contributed by atoms with E-state index in [0.717, 1.165) is 19.3 Å². The van der Waals surface area contributed by atoms with Gasteiger partial charge in [-0.25, -0.2) is 0 Å². The van der Waals surface area contributed by atoms with Crippen molar-refractivity contribution in [3.8, 4) is 0 Å². The number of carbonyl (C=O) groups excluding carboxylic acids is 1. The first kappa shape index (κ1) is 9.56. The first-order chi connectivity index (χ1) is 5.65. The van der Waals surface area contributed by atoms with Crippen molar-refractivity contribution >= 4 is 5.97 Å². The lowest BCUT2D eigenvalue weighted by Crippen LogP contribution is -2.45. The van der Waals surface area contributed by atoms with Gasteiger partial charge in [-0.3, -0.25) is 4.79 Å². The standard InChI is InChI=1S/C10H18O2/c1-4-5-8-9(6-7(2)3)12-10(8)11/h7-9H,4-6H2,1-3H3/t8-,9-/m1/s1. The first-order valence-corrected chi connectivity index (χ1v) is 4.85. The van der Waals surface area contributed by atoms with Crippen LogP contribution < -0.4 is 0 Å². The number of hydrogen-bond donors (Lipinski definition) is 0. The number of esters is 1. The summed E-state index contributed by atoms with van der Waals surface area (Å²) in [6.07, 6.45) is 3.32. The van der Waals surface area contributed by atoms with Crippen LogP contribution in [0.25, 0.3) is 0 Å². The van der Waals surface area contributed by atoms with E-state index < -0.39 is 0 Å². The van der Waals surface area contributed by atoms with Gasteiger partial charge in [-0.1, -0.05) is 27.2 Å². The van der Waals surface area contributed by atoms with Crippen LogP contribution in [-0.4, -0.2) is 12.1 Å². The Morgan fingerprint density at radius 2 is 2.17 bits per heavy atom. The highest BCUT2D eigenvalue weighted by atomic mass is 16.6. The van der Waals surface area contributed by atoms with Gasteiger partial charge >= 0.3 is 5.97 Å². The van der Waals surface area contributed by atoms with Gasteiger partial charge in [0, 0.05) is 0 Å². The highest BCUT2D eigenvalue weighted by Crippen LogP contribution is 2.31. The summed E-state index contributed by atoms with van der Waals surface area (Å²) in [6, 6.07) is 0. The van der Waals surface area contributed by atoms with Gasteiger partial charge in [0.2, 0.25) is 0 Å². The molecule has 1 rings (SSSR count). The van der Waals surface area contributed by atoms with E-state index in [4.69, 9.17) is 4.74 Å². The van der Waals surface area contributed by atoms with Crippen molar-refractivity contribution in [1.29, 1.82) is 0 Å². The summed E-state index contributed by atoms with van der Waals surface area (Å²) < 4.78 is 5.08. The molecule has 2 heteroatoms. The summed E-state index contributed by atoms with van der Waals surface area (Å²) in [6.45, 7) is 6.43. The number of cyclic esters (lactones) is 1. The van der Waals surface area contributed by atoms with E-state index in [1.807, 2.05) is 0 Å². The summed E-state index contributed by atoms with van der Waals surface area (Å²) >= 11 is 0. The van der Waals surface area contributed by atoms with Gasteiger partial charge in [0.25, 0.3) is 0 Å². The third-order valence-corrected chi connectivity index (χ3v) is 2.32. The lowest BCUT2D eigenvalue weighted by atomic mass is 9.87. The Morgan fingerprint density at radius 1 is 1.50 bits per heavy atom. The second kappa shape index (κ2) is 3.92. The molecule has 0 aliphatic carbocycles. The highest BCUT2D eigenvalue weighted by molar-refractivity contribution is 5.78. The summed E-state index contributed by atoms with van der Waals surface area (Å²) in [5.41, 5.74) is 0. The molecule has 0 unspecified atom stereocenters. The smallest absolute Gasteiger partial charge is 0.313 e. The maximum absolute atomic E-state index is 11.0. The minimum Gasteiger partial charge on any atom is -0.461 e. The summed E-state index contributed by atoms with van der Waals surface area (Å²) in [5.74, 6) is 0.849. The molecule has 1 heterocycles. The van der Waals surface area contributed by atoms with Crippen LogP contribution in [-0.2, 0) is 9.53 Å².